The highest BCUT2D eigenvalue weighted by atomic mass is 16.5. The van der Waals surface area contributed by atoms with E-state index in [1.807, 2.05) is 51.1 Å². The fourth-order valence-electron chi connectivity index (χ4n) is 1.38. The van der Waals surface area contributed by atoms with Gasteiger partial charge in [0.25, 0.3) is 0 Å². The molecule has 0 N–H and O–H groups in total. The van der Waals surface area contributed by atoms with Crippen molar-refractivity contribution in [3.05, 3.63) is 35.9 Å². The number of Topliss-reactive ketones (excluding diaryl/α,β-unsaturated/α-hetero) is 1. The van der Waals surface area contributed by atoms with E-state index in [-0.39, 0.29) is 11.4 Å². The maximum atomic E-state index is 11.7. The summed E-state index contributed by atoms with van der Waals surface area (Å²) in [7, 11) is 0. The molecule has 88 valence electrons. The minimum absolute atomic E-state index is 0.115. The molecule has 2 nitrogen and oxygen atoms in total. The van der Waals surface area contributed by atoms with Gasteiger partial charge in [-0.3, -0.25) is 4.79 Å². The van der Waals surface area contributed by atoms with Gasteiger partial charge in [0.05, 0.1) is 5.60 Å². The molecule has 0 aliphatic rings. The van der Waals surface area contributed by atoms with Crippen LogP contribution in [0.5, 0.6) is 0 Å². The summed E-state index contributed by atoms with van der Waals surface area (Å²) in [6.45, 7) is 6.70. The Balaban J connectivity index is 2.27. The summed E-state index contributed by atoms with van der Waals surface area (Å²) in [5.74, 6) is 0.193. The Morgan fingerprint density at radius 3 is 2.38 bits per heavy atom. The lowest BCUT2D eigenvalue weighted by molar-refractivity contribution is -0.00430. The fraction of sp³-hybridized carbons (Fsp3) is 0.500. The lowest BCUT2D eigenvalue weighted by Gasteiger charge is -2.19. The Kier molecular flexibility index (Phi) is 4.69. The lowest BCUT2D eigenvalue weighted by Crippen LogP contribution is -2.20. The first-order chi connectivity index (χ1) is 7.49. The van der Waals surface area contributed by atoms with Crippen LogP contribution in [0.4, 0.5) is 0 Å². The van der Waals surface area contributed by atoms with E-state index in [2.05, 4.69) is 0 Å². The first-order valence-electron chi connectivity index (χ1n) is 5.71. The molecule has 16 heavy (non-hydrogen) atoms. The average Bonchev–Trinajstić information content (AvgIpc) is 2.24. The summed E-state index contributed by atoms with van der Waals surface area (Å²) in [6, 6.07) is 9.40. The smallest absolute Gasteiger partial charge is 0.162 e. The number of hydrogen-bond donors (Lipinski definition) is 0. The first kappa shape index (κ1) is 12.9. The number of ether oxygens (including phenoxy) is 1. The minimum atomic E-state index is -0.115. The van der Waals surface area contributed by atoms with Crippen molar-refractivity contribution in [3.63, 3.8) is 0 Å². The Hall–Kier alpha value is -1.15. The second kappa shape index (κ2) is 5.80. The Morgan fingerprint density at radius 2 is 1.81 bits per heavy atom. The summed E-state index contributed by atoms with van der Waals surface area (Å²) in [5.41, 5.74) is 0.675. The molecule has 2 heteroatoms. The third kappa shape index (κ3) is 5.08. The normalized spacial score (nSPS) is 11.4. The molecular weight excluding hydrogens is 200 g/mol. The molecule has 0 aliphatic carbocycles. The van der Waals surface area contributed by atoms with E-state index < -0.39 is 0 Å². The highest BCUT2D eigenvalue weighted by Crippen LogP contribution is 2.09. The van der Waals surface area contributed by atoms with Gasteiger partial charge in [0.1, 0.15) is 0 Å². The third-order valence-corrected chi connectivity index (χ3v) is 2.18. The number of hydrogen-bond acceptors (Lipinski definition) is 2. The zero-order valence-corrected chi connectivity index (χ0v) is 10.3. The molecule has 0 saturated carbocycles. The number of ketones is 1. The van der Waals surface area contributed by atoms with Gasteiger partial charge in [0.15, 0.2) is 5.78 Å². The number of carbonyl (C=O) groups is 1. The van der Waals surface area contributed by atoms with Crippen molar-refractivity contribution in [1.82, 2.24) is 0 Å². The van der Waals surface area contributed by atoms with Crippen molar-refractivity contribution < 1.29 is 9.53 Å². The summed E-state index contributed by atoms with van der Waals surface area (Å²) in [5, 5.41) is 0. The summed E-state index contributed by atoms with van der Waals surface area (Å²) in [6.07, 6.45) is 1.34. The van der Waals surface area contributed by atoms with E-state index in [1.165, 1.54) is 0 Å². The van der Waals surface area contributed by atoms with Crippen LogP contribution in [-0.4, -0.2) is 18.0 Å². The van der Waals surface area contributed by atoms with Gasteiger partial charge in [0.2, 0.25) is 0 Å². The van der Waals surface area contributed by atoms with Crippen LogP contribution in [0.3, 0.4) is 0 Å². The zero-order chi connectivity index (χ0) is 12.0. The minimum Gasteiger partial charge on any atom is -0.376 e. The van der Waals surface area contributed by atoms with E-state index in [9.17, 15) is 4.79 Å². The van der Waals surface area contributed by atoms with Crippen LogP contribution in [0.15, 0.2) is 30.3 Å². The molecule has 0 atom stereocenters. The molecule has 0 fully saturated rings. The Bertz CT molecular complexity index is 322. The van der Waals surface area contributed by atoms with Crippen LogP contribution in [-0.2, 0) is 4.74 Å². The number of benzene rings is 1. The van der Waals surface area contributed by atoms with Gasteiger partial charge in [0, 0.05) is 18.6 Å². The molecule has 1 aromatic rings. The van der Waals surface area contributed by atoms with E-state index in [0.29, 0.717) is 13.0 Å². The molecule has 1 rings (SSSR count). The molecule has 0 spiro atoms. The molecule has 0 aliphatic heterocycles. The monoisotopic (exact) mass is 220 g/mol. The summed E-state index contributed by atoms with van der Waals surface area (Å²) >= 11 is 0. The molecule has 0 bridgehead atoms. The van der Waals surface area contributed by atoms with E-state index in [0.717, 1.165) is 12.0 Å². The van der Waals surface area contributed by atoms with E-state index in [4.69, 9.17) is 4.74 Å². The Labute approximate surface area is 97.6 Å². The van der Waals surface area contributed by atoms with Crippen molar-refractivity contribution in [1.29, 1.82) is 0 Å². The second-order valence-electron chi connectivity index (χ2n) is 4.85. The van der Waals surface area contributed by atoms with Crippen molar-refractivity contribution in [2.75, 3.05) is 6.61 Å². The van der Waals surface area contributed by atoms with Crippen LogP contribution >= 0.6 is 0 Å². The maximum absolute atomic E-state index is 11.7. The quantitative estimate of drug-likeness (QED) is 0.561. The molecule has 0 aromatic heterocycles. The van der Waals surface area contributed by atoms with Crippen molar-refractivity contribution in [3.8, 4) is 0 Å². The predicted molar refractivity (Wildman–Crippen MR) is 65.7 cm³/mol. The molecule has 0 unspecified atom stereocenters. The predicted octanol–water partition coefficient (Wildman–Crippen LogP) is 3.46. The number of carbonyl (C=O) groups excluding carboxylic acids is 1. The van der Waals surface area contributed by atoms with Gasteiger partial charge in [-0.25, -0.2) is 0 Å². The molecular formula is C14H20O2. The first-order valence-corrected chi connectivity index (χ1v) is 5.71. The summed E-state index contributed by atoms with van der Waals surface area (Å²) < 4.78 is 5.56. The summed E-state index contributed by atoms with van der Waals surface area (Å²) in [4.78, 5) is 11.7. The van der Waals surface area contributed by atoms with Gasteiger partial charge in [-0.2, -0.15) is 0 Å². The zero-order valence-electron chi connectivity index (χ0n) is 10.3. The van der Waals surface area contributed by atoms with Gasteiger partial charge in [-0.15, -0.1) is 0 Å². The second-order valence-corrected chi connectivity index (χ2v) is 4.85. The van der Waals surface area contributed by atoms with E-state index in [1.54, 1.807) is 0 Å². The SMILES string of the molecule is CC(C)(C)OCCCC(=O)c1ccccc1. The molecule has 0 heterocycles. The number of rotatable bonds is 5. The van der Waals surface area contributed by atoms with Gasteiger partial charge in [-0.05, 0) is 27.2 Å². The van der Waals surface area contributed by atoms with Gasteiger partial charge in [-0.1, -0.05) is 30.3 Å². The van der Waals surface area contributed by atoms with Crippen LogP contribution < -0.4 is 0 Å². The highest BCUT2D eigenvalue weighted by Gasteiger charge is 2.10. The molecule has 0 amide bonds. The van der Waals surface area contributed by atoms with Crippen molar-refractivity contribution >= 4 is 5.78 Å². The van der Waals surface area contributed by atoms with Crippen LogP contribution in [0.25, 0.3) is 0 Å². The third-order valence-electron chi connectivity index (χ3n) is 2.18. The Morgan fingerprint density at radius 1 is 1.19 bits per heavy atom. The standard InChI is InChI=1S/C14H20O2/c1-14(2,3)16-11-7-10-13(15)12-8-5-4-6-9-12/h4-6,8-9H,7,10-11H2,1-3H3. The molecule has 0 radical (unpaired) electrons. The van der Waals surface area contributed by atoms with Crippen molar-refractivity contribution in [2.24, 2.45) is 0 Å². The van der Waals surface area contributed by atoms with Crippen LogP contribution in [0.1, 0.15) is 44.0 Å². The lowest BCUT2D eigenvalue weighted by atomic mass is 10.1. The topological polar surface area (TPSA) is 26.3 Å². The largest absolute Gasteiger partial charge is 0.376 e. The highest BCUT2D eigenvalue weighted by molar-refractivity contribution is 5.95. The fourth-order valence-corrected chi connectivity index (χ4v) is 1.38. The molecule has 1 aromatic carbocycles. The van der Waals surface area contributed by atoms with Crippen LogP contribution in [0.2, 0.25) is 0 Å². The average molecular weight is 220 g/mol. The van der Waals surface area contributed by atoms with Crippen molar-refractivity contribution in [2.45, 2.75) is 39.2 Å². The van der Waals surface area contributed by atoms with E-state index >= 15 is 0 Å². The van der Waals surface area contributed by atoms with Gasteiger partial charge >= 0.3 is 0 Å². The van der Waals surface area contributed by atoms with Gasteiger partial charge < -0.3 is 4.74 Å². The van der Waals surface area contributed by atoms with Crippen LogP contribution in [0, 0.1) is 0 Å². The maximum Gasteiger partial charge on any atom is 0.162 e. The molecule has 0 saturated heterocycles.